The molecule has 2 fully saturated rings. The first-order chi connectivity index (χ1) is 15.1. The first-order valence-electron chi connectivity index (χ1n) is 10.8. The smallest absolute Gasteiger partial charge is 0.254 e. The Hall–Kier alpha value is -2.55. The highest BCUT2D eigenvalue weighted by molar-refractivity contribution is 7.91. The lowest BCUT2D eigenvalue weighted by molar-refractivity contribution is 0.0536. The molecule has 170 valence electrons. The van der Waals surface area contributed by atoms with Crippen LogP contribution in [-0.4, -0.2) is 42.7 Å². The van der Waals surface area contributed by atoms with Gasteiger partial charge in [0.15, 0.2) is 9.84 Å². The molecule has 32 heavy (non-hydrogen) atoms. The maximum absolute atomic E-state index is 13.9. The lowest BCUT2D eigenvalue weighted by atomic mass is 9.92. The highest BCUT2D eigenvalue weighted by Crippen LogP contribution is 2.66. The molecule has 9 heteroatoms. The molecule has 1 spiro atoms. The zero-order valence-corrected chi connectivity index (χ0v) is 18.9. The summed E-state index contributed by atoms with van der Waals surface area (Å²) >= 11 is 0. The number of hydrogen-bond donors (Lipinski definition) is 0. The van der Waals surface area contributed by atoms with E-state index in [-0.39, 0.29) is 22.6 Å². The van der Waals surface area contributed by atoms with Crippen LogP contribution in [0.5, 0.6) is 0 Å². The number of piperidine rings is 1. The van der Waals surface area contributed by atoms with Crippen LogP contribution in [0.2, 0.25) is 0 Å². The van der Waals surface area contributed by atoms with Crippen LogP contribution < -0.4 is 10.5 Å². The lowest BCUT2D eigenvalue weighted by Crippen LogP contribution is -2.37. The monoisotopic (exact) mass is 461 g/mol. The van der Waals surface area contributed by atoms with E-state index in [1.807, 2.05) is 17.1 Å². The molecule has 0 bridgehead atoms. The summed E-state index contributed by atoms with van der Waals surface area (Å²) in [5.41, 5.74) is 1.78. The Morgan fingerprint density at radius 1 is 1.19 bits per heavy atom. The van der Waals surface area contributed by atoms with E-state index in [1.165, 1.54) is 10.8 Å². The van der Waals surface area contributed by atoms with E-state index in [4.69, 9.17) is 0 Å². The Bertz CT molecular complexity index is 1310. The molecule has 2 aromatic rings. The van der Waals surface area contributed by atoms with Gasteiger partial charge in [-0.3, -0.25) is 4.79 Å². The normalized spacial score (nSPS) is 20.6. The van der Waals surface area contributed by atoms with E-state index >= 15 is 0 Å². The fraction of sp³-hybridized carbons (Fsp3) is 0.478. The maximum atomic E-state index is 13.9. The van der Waals surface area contributed by atoms with Gasteiger partial charge in [0.2, 0.25) is 0 Å². The Balaban J connectivity index is 1.64. The van der Waals surface area contributed by atoms with E-state index in [9.17, 15) is 22.0 Å². The number of rotatable bonds is 4. The van der Waals surface area contributed by atoms with E-state index < -0.39 is 21.2 Å². The molecular formula is C23H25F2N3O3S. The number of pyridine rings is 2. The second-order valence-electron chi connectivity index (χ2n) is 9.05. The average Bonchev–Trinajstić information content (AvgIpc) is 3.09. The summed E-state index contributed by atoms with van der Waals surface area (Å²) in [5, 5.41) is 0. The first kappa shape index (κ1) is 21.3. The number of nitrogens with zero attached hydrogens (tertiary/aromatic N) is 3. The van der Waals surface area contributed by atoms with Crippen molar-refractivity contribution in [1.29, 1.82) is 0 Å². The summed E-state index contributed by atoms with van der Waals surface area (Å²) in [5.74, 6) is -2.07. The van der Waals surface area contributed by atoms with Crippen LogP contribution in [0.3, 0.4) is 0 Å². The van der Waals surface area contributed by atoms with Gasteiger partial charge in [0, 0.05) is 61.1 Å². The third-order valence-electron chi connectivity index (χ3n) is 7.23. The van der Waals surface area contributed by atoms with Gasteiger partial charge < -0.3 is 9.47 Å². The van der Waals surface area contributed by atoms with Crippen LogP contribution in [0, 0.1) is 5.41 Å². The van der Waals surface area contributed by atoms with Gasteiger partial charge in [-0.1, -0.05) is 19.1 Å². The molecule has 1 saturated carbocycles. The molecule has 2 aliphatic carbocycles. The molecule has 1 saturated heterocycles. The molecule has 3 aliphatic rings. The van der Waals surface area contributed by atoms with Crippen molar-refractivity contribution in [3.8, 4) is 11.1 Å². The molecule has 0 radical (unpaired) electrons. The van der Waals surface area contributed by atoms with Crippen LogP contribution in [0.25, 0.3) is 17.2 Å². The summed E-state index contributed by atoms with van der Waals surface area (Å²) in [6, 6.07) is 1.61. The summed E-state index contributed by atoms with van der Waals surface area (Å²) < 4.78 is 54.4. The molecule has 5 rings (SSSR count). The number of aryl methyl sites for hydroxylation is 1. The summed E-state index contributed by atoms with van der Waals surface area (Å²) in [7, 11) is -1.83. The Labute approximate surface area is 185 Å². The molecule has 2 aromatic heterocycles. The number of fused-ring (bicyclic) bond motifs is 1. The minimum Gasteiger partial charge on any atom is -0.356 e. The summed E-state index contributed by atoms with van der Waals surface area (Å²) in [6.07, 6.45) is 8.07. The zero-order chi connectivity index (χ0) is 22.9. The molecule has 0 unspecified atom stereocenters. The number of hydrogen-bond acceptors (Lipinski definition) is 5. The molecule has 3 heterocycles. The van der Waals surface area contributed by atoms with Gasteiger partial charge in [-0.15, -0.1) is 0 Å². The second kappa shape index (κ2) is 6.97. The van der Waals surface area contributed by atoms with Crippen LogP contribution in [0.4, 0.5) is 14.6 Å². The van der Waals surface area contributed by atoms with Crippen molar-refractivity contribution < 1.29 is 17.2 Å². The second-order valence-corrected chi connectivity index (χ2v) is 11.3. The Morgan fingerprint density at radius 3 is 2.50 bits per heavy atom. The molecule has 6 nitrogen and oxygen atoms in total. The average molecular weight is 462 g/mol. The quantitative estimate of drug-likeness (QED) is 0.698. The van der Waals surface area contributed by atoms with Gasteiger partial charge in [-0.25, -0.2) is 22.2 Å². The van der Waals surface area contributed by atoms with E-state index in [0.717, 1.165) is 11.1 Å². The number of halogens is 2. The van der Waals surface area contributed by atoms with Gasteiger partial charge in [0.1, 0.15) is 5.82 Å². The van der Waals surface area contributed by atoms with Crippen LogP contribution in [0.1, 0.15) is 37.3 Å². The number of alkyl halides is 2. The van der Waals surface area contributed by atoms with Gasteiger partial charge in [-0.2, -0.15) is 0 Å². The number of allylic oxidation sites excluding steroid dienone is 1. The zero-order valence-electron chi connectivity index (χ0n) is 18.1. The molecular weight excluding hydrogens is 436 g/mol. The fourth-order valence-corrected chi connectivity index (χ4v) is 5.85. The third kappa shape index (κ3) is 3.12. The lowest BCUT2D eigenvalue weighted by Gasteiger charge is -2.34. The van der Waals surface area contributed by atoms with Gasteiger partial charge in [0.25, 0.3) is 11.5 Å². The van der Waals surface area contributed by atoms with Crippen molar-refractivity contribution in [1.82, 2.24) is 9.55 Å². The van der Waals surface area contributed by atoms with Gasteiger partial charge in [0.05, 0.1) is 10.6 Å². The van der Waals surface area contributed by atoms with E-state index in [1.54, 1.807) is 26.2 Å². The predicted molar refractivity (Wildman–Crippen MR) is 119 cm³/mol. The van der Waals surface area contributed by atoms with E-state index in [0.29, 0.717) is 49.3 Å². The highest BCUT2D eigenvalue weighted by atomic mass is 32.2. The minimum atomic E-state index is -3.50. The number of anilines is 1. The van der Waals surface area contributed by atoms with Crippen molar-refractivity contribution >= 4 is 21.7 Å². The number of aromatic nitrogens is 2. The van der Waals surface area contributed by atoms with Crippen molar-refractivity contribution in [2.24, 2.45) is 12.5 Å². The van der Waals surface area contributed by atoms with Crippen molar-refractivity contribution in [2.45, 2.75) is 43.4 Å². The number of sulfone groups is 1. The van der Waals surface area contributed by atoms with Crippen LogP contribution in [-0.2, 0) is 23.3 Å². The largest absolute Gasteiger partial charge is 0.356 e. The van der Waals surface area contributed by atoms with Crippen LogP contribution in [0.15, 0.2) is 34.2 Å². The van der Waals surface area contributed by atoms with E-state index in [2.05, 4.69) is 4.98 Å². The first-order valence-corrected chi connectivity index (χ1v) is 12.5. The van der Waals surface area contributed by atoms with Crippen molar-refractivity contribution in [3.63, 3.8) is 0 Å². The third-order valence-corrected chi connectivity index (χ3v) is 8.93. The van der Waals surface area contributed by atoms with Gasteiger partial charge in [-0.05, 0) is 30.9 Å². The minimum absolute atomic E-state index is 0.0547. The molecule has 1 aliphatic heterocycles. The maximum Gasteiger partial charge on any atom is 0.254 e. The fourth-order valence-electron chi connectivity index (χ4n) is 5.00. The topological polar surface area (TPSA) is 72.3 Å². The molecule has 0 aromatic carbocycles. The van der Waals surface area contributed by atoms with Crippen LogP contribution >= 0.6 is 0 Å². The molecule has 0 amide bonds. The van der Waals surface area contributed by atoms with Crippen molar-refractivity contribution in [2.75, 3.05) is 23.7 Å². The molecule has 0 N–H and O–H groups in total. The summed E-state index contributed by atoms with van der Waals surface area (Å²) in [4.78, 5) is 19.2. The van der Waals surface area contributed by atoms with Crippen molar-refractivity contribution in [3.05, 3.63) is 46.0 Å². The molecule has 0 atom stereocenters. The Morgan fingerprint density at radius 2 is 1.88 bits per heavy atom. The standard InChI is InChI=1S/C23H25F2N3O3S/c1-3-32(30,31)15-11-18(19-13-27(2)21(29)17-6-4-5-16(17)19)20(26-12-15)28-9-7-22(8-10-28)14-23(22,24)25/h4-5,11-13H,3,6-10,14H2,1-2H3. The predicted octanol–water partition coefficient (Wildman–Crippen LogP) is 3.44. The highest BCUT2D eigenvalue weighted by Gasteiger charge is 2.70. The van der Waals surface area contributed by atoms with Gasteiger partial charge >= 0.3 is 0 Å². The SMILES string of the molecule is CCS(=O)(=O)c1cnc(N2CCC3(CC2)CC3(F)F)c(-c2cn(C)c(=O)c3c2C=CC3)c1. The Kier molecular flexibility index (Phi) is 4.64. The summed E-state index contributed by atoms with van der Waals surface area (Å²) in [6.45, 7) is 2.44.